The maximum Gasteiger partial charge on any atom is 0.174 e. The summed E-state index contributed by atoms with van der Waals surface area (Å²) in [6.07, 6.45) is 6.09. The maximum absolute atomic E-state index is 9.96. The molecule has 3 aromatic carbocycles. The molecule has 5 rings (SSSR count). The third-order valence-corrected chi connectivity index (χ3v) is 6.22. The minimum atomic E-state index is 0.415. The van der Waals surface area contributed by atoms with Gasteiger partial charge in [-0.25, -0.2) is 0 Å². The molecule has 6 nitrogen and oxygen atoms in total. The Kier molecular flexibility index (Phi) is 7.38. The van der Waals surface area contributed by atoms with Crippen LogP contribution in [0, 0.1) is 11.3 Å². The van der Waals surface area contributed by atoms with Crippen LogP contribution in [0.2, 0.25) is 0 Å². The van der Waals surface area contributed by atoms with Crippen LogP contribution >= 0.6 is 0 Å². The Bertz CT molecular complexity index is 1370. The number of rotatable bonds is 8. The van der Waals surface area contributed by atoms with Gasteiger partial charge in [0, 0.05) is 13.0 Å². The van der Waals surface area contributed by atoms with Crippen molar-refractivity contribution in [2.45, 2.75) is 45.4 Å². The lowest BCUT2D eigenvalue weighted by molar-refractivity contribution is 0.256. The van der Waals surface area contributed by atoms with Crippen LogP contribution in [-0.4, -0.2) is 14.8 Å². The second-order valence-corrected chi connectivity index (χ2v) is 8.83. The molecule has 0 spiro atoms. The van der Waals surface area contributed by atoms with Crippen LogP contribution in [0.25, 0.3) is 11.6 Å². The van der Waals surface area contributed by atoms with Crippen LogP contribution in [0.5, 0.6) is 11.5 Å². The third-order valence-electron chi connectivity index (χ3n) is 6.22. The average Bonchev–Trinajstić information content (AvgIpc) is 3.18. The molecule has 2 heterocycles. The normalized spacial score (nSPS) is 13.4. The monoisotopic (exact) mass is 476 g/mol. The van der Waals surface area contributed by atoms with E-state index in [4.69, 9.17) is 9.47 Å². The fourth-order valence-corrected chi connectivity index (χ4v) is 4.31. The van der Waals surface area contributed by atoms with E-state index >= 15 is 0 Å². The van der Waals surface area contributed by atoms with Gasteiger partial charge in [-0.3, -0.25) is 0 Å². The lowest BCUT2D eigenvalue weighted by Crippen LogP contribution is -2.05. The van der Waals surface area contributed by atoms with E-state index in [0.717, 1.165) is 48.3 Å². The van der Waals surface area contributed by atoms with E-state index in [0.29, 0.717) is 36.1 Å². The van der Waals surface area contributed by atoms with Gasteiger partial charge in [-0.1, -0.05) is 73.2 Å². The van der Waals surface area contributed by atoms with Crippen molar-refractivity contribution in [2.75, 3.05) is 0 Å². The smallest absolute Gasteiger partial charge is 0.174 e. The van der Waals surface area contributed by atoms with Crippen LogP contribution in [-0.2, 0) is 26.2 Å². The molecular weight excluding hydrogens is 448 g/mol. The molecule has 1 aliphatic rings. The Balaban J connectivity index is 1.43. The van der Waals surface area contributed by atoms with Crippen molar-refractivity contribution in [1.82, 2.24) is 14.8 Å². The van der Waals surface area contributed by atoms with Gasteiger partial charge in [0.25, 0.3) is 0 Å². The Hall–Kier alpha value is -4.37. The van der Waals surface area contributed by atoms with Crippen LogP contribution in [0.1, 0.15) is 47.6 Å². The summed E-state index contributed by atoms with van der Waals surface area (Å²) in [7, 11) is 0. The highest BCUT2D eigenvalue weighted by Crippen LogP contribution is 2.32. The van der Waals surface area contributed by atoms with Crippen LogP contribution in [0.3, 0.4) is 0 Å². The zero-order chi connectivity index (χ0) is 24.6. The molecule has 0 amide bonds. The van der Waals surface area contributed by atoms with Crippen molar-refractivity contribution in [2.24, 2.45) is 0 Å². The maximum atomic E-state index is 9.96. The van der Waals surface area contributed by atoms with E-state index in [2.05, 4.69) is 20.8 Å². The van der Waals surface area contributed by atoms with E-state index in [1.165, 1.54) is 6.42 Å². The molecule has 0 N–H and O–H groups in total. The molecule has 0 bridgehead atoms. The number of benzene rings is 3. The van der Waals surface area contributed by atoms with Gasteiger partial charge in [0.2, 0.25) is 0 Å². The Morgan fingerprint density at radius 1 is 0.833 bits per heavy atom. The van der Waals surface area contributed by atoms with Gasteiger partial charge in [0.15, 0.2) is 17.3 Å². The standard InChI is InChI=1S/C30H28N4O2/c31-20-26(30-33-32-29-14-8-3-9-17-34(29)30)18-25-15-16-27(35-21-23-10-4-1-5-11-23)28(19-25)36-22-24-12-6-2-7-13-24/h1-2,4-7,10-13,15-16,18-19H,3,8-9,14,17,21-22H2/b26-18-. The second kappa shape index (κ2) is 11.4. The molecule has 0 fully saturated rings. The van der Waals surface area contributed by atoms with Gasteiger partial charge in [-0.2, -0.15) is 5.26 Å². The largest absolute Gasteiger partial charge is 0.485 e. The highest BCUT2D eigenvalue weighted by Gasteiger charge is 2.18. The molecule has 0 atom stereocenters. The number of nitriles is 1. The summed E-state index contributed by atoms with van der Waals surface area (Å²) in [5, 5.41) is 18.7. The van der Waals surface area contributed by atoms with Gasteiger partial charge < -0.3 is 14.0 Å². The zero-order valence-corrected chi connectivity index (χ0v) is 20.1. The SMILES string of the molecule is N#C/C(=C/c1ccc(OCc2ccccc2)c(OCc2ccccc2)c1)c1nnc2n1CCCCC2. The van der Waals surface area contributed by atoms with Gasteiger partial charge >= 0.3 is 0 Å². The first kappa shape index (κ1) is 23.4. The lowest BCUT2D eigenvalue weighted by Gasteiger charge is -2.14. The van der Waals surface area contributed by atoms with E-state index < -0.39 is 0 Å². The number of aromatic nitrogens is 3. The Labute approximate surface area is 211 Å². The van der Waals surface area contributed by atoms with Crippen LogP contribution in [0.15, 0.2) is 78.9 Å². The summed E-state index contributed by atoms with van der Waals surface area (Å²) >= 11 is 0. The predicted octanol–water partition coefficient (Wildman–Crippen LogP) is 6.23. The number of hydrogen-bond acceptors (Lipinski definition) is 5. The minimum Gasteiger partial charge on any atom is -0.485 e. The highest BCUT2D eigenvalue weighted by atomic mass is 16.5. The van der Waals surface area contributed by atoms with E-state index in [1.807, 2.05) is 84.9 Å². The van der Waals surface area contributed by atoms with Gasteiger partial charge in [0.05, 0.1) is 5.57 Å². The van der Waals surface area contributed by atoms with Gasteiger partial charge in [-0.05, 0) is 47.7 Å². The quantitative estimate of drug-likeness (QED) is 0.282. The van der Waals surface area contributed by atoms with Gasteiger partial charge in [-0.15, -0.1) is 10.2 Å². The Morgan fingerprint density at radius 3 is 2.22 bits per heavy atom. The third kappa shape index (κ3) is 5.64. The first-order chi connectivity index (χ1) is 17.8. The predicted molar refractivity (Wildman–Crippen MR) is 139 cm³/mol. The molecular formula is C30H28N4O2. The molecule has 1 aliphatic heterocycles. The summed E-state index contributed by atoms with van der Waals surface area (Å²) in [6, 6.07) is 28.1. The molecule has 0 radical (unpaired) electrons. The van der Waals surface area contributed by atoms with E-state index in [9.17, 15) is 5.26 Å². The van der Waals surface area contributed by atoms with Crippen LogP contribution in [0.4, 0.5) is 0 Å². The number of fused-ring (bicyclic) bond motifs is 1. The molecule has 1 aromatic heterocycles. The van der Waals surface area contributed by atoms with E-state index in [-0.39, 0.29) is 0 Å². The summed E-state index contributed by atoms with van der Waals surface area (Å²) in [4.78, 5) is 0. The topological polar surface area (TPSA) is 73.0 Å². The van der Waals surface area contributed by atoms with Crippen LogP contribution < -0.4 is 9.47 Å². The van der Waals surface area contributed by atoms with Gasteiger partial charge in [0.1, 0.15) is 25.1 Å². The highest BCUT2D eigenvalue weighted by molar-refractivity contribution is 5.87. The summed E-state index contributed by atoms with van der Waals surface area (Å²) in [6.45, 7) is 1.69. The van der Waals surface area contributed by atoms with Crippen molar-refractivity contribution in [3.8, 4) is 17.6 Å². The molecule has 0 saturated carbocycles. The molecule has 4 aromatic rings. The molecule has 0 aliphatic carbocycles. The lowest BCUT2D eigenvalue weighted by atomic mass is 10.1. The minimum absolute atomic E-state index is 0.415. The fourth-order valence-electron chi connectivity index (χ4n) is 4.31. The molecule has 0 saturated heterocycles. The first-order valence-electron chi connectivity index (χ1n) is 12.3. The molecule has 180 valence electrons. The van der Waals surface area contributed by atoms with Crippen molar-refractivity contribution in [3.05, 3.63) is 107 Å². The van der Waals surface area contributed by atoms with E-state index in [1.54, 1.807) is 0 Å². The molecule has 36 heavy (non-hydrogen) atoms. The molecule has 0 unspecified atom stereocenters. The first-order valence-corrected chi connectivity index (χ1v) is 12.3. The Morgan fingerprint density at radius 2 is 1.53 bits per heavy atom. The number of hydrogen-bond donors (Lipinski definition) is 0. The van der Waals surface area contributed by atoms with Crippen molar-refractivity contribution in [1.29, 1.82) is 5.26 Å². The number of aryl methyl sites for hydroxylation is 1. The molecule has 6 heteroatoms. The average molecular weight is 477 g/mol. The van der Waals surface area contributed by atoms with Crippen molar-refractivity contribution < 1.29 is 9.47 Å². The van der Waals surface area contributed by atoms with Crippen molar-refractivity contribution >= 4 is 11.6 Å². The fraction of sp³-hybridized carbons (Fsp3) is 0.233. The number of allylic oxidation sites excluding steroid dienone is 1. The summed E-state index contributed by atoms with van der Waals surface area (Å²) in [5.74, 6) is 2.87. The summed E-state index contributed by atoms with van der Waals surface area (Å²) < 4.78 is 14.4. The number of nitrogens with zero attached hydrogens (tertiary/aromatic N) is 4. The number of ether oxygens (including phenoxy) is 2. The zero-order valence-electron chi connectivity index (χ0n) is 20.1. The second-order valence-electron chi connectivity index (χ2n) is 8.83. The summed E-state index contributed by atoms with van der Waals surface area (Å²) in [5.41, 5.74) is 3.47. The van der Waals surface area contributed by atoms with Crippen molar-refractivity contribution in [3.63, 3.8) is 0 Å².